The van der Waals surface area contributed by atoms with Gasteiger partial charge in [0, 0.05) is 30.3 Å². The Bertz CT molecular complexity index is 1130. The van der Waals surface area contributed by atoms with E-state index in [4.69, 9.17) is 9.47 Å². The molecule has 7 heteroatoms. The molecule has 0 bridgehead atoms. The Hall–Kier alpha value is -3.35. The summed E-state index contributed by atoms with van der Waals surface area (Å²) in [6, 6.07) is 7.33. The number of nitrogens with one attached hydrogen (secondary N) is 2. The topological polar surface area (TPSA) is 92.9 Å². The minimum Gasteiger partial charge on any atom is -0.493 e. The Morgan fingerprint density at radius 1 is 1.12 bits per heavy atom. The van der Waals surface area contributed by atoms with Gasteiger partial charge in [-0.3, -0.25) is 4.79 Å². The molecule has 4 aromatic rings. The van der Waals surface area contributed by atoms with Crippen LogP contribution in [0.2, 0.25) is 0 Å². The second-order valence-corrected chi connectivity index (χ2v) is 5.67. The van der Waals surface area contributed by atoms with Crippen molar-refractivity contribution in [3.8, 4) is 11.5 Å². The van der Waals surface area contributed by atoms with Crippen LogP contribution in [-0.4, -0.2) is 34.2 Å². The highest BCUT2D eigenvalue weighted by atomic mass is 16.5. The minimum atomic E-state index is -0.211. The third-order valence-electron chi connectivity index (χ3n) is 4.09. The Morgan fingerprint density at radius 2 is 1.92 bits per heavy atom. The average Bonchev–Trinajstić information content (AvgIpc) is 3.08. The molecule has 126 valence electrons. The van der Waals surface area contributed by atoms with Crippen molar-refractivity contribution >= 4 is 21.9 Å². The largest absolute Gasteiger partial charge is 0.493 e. The SMILES string of the molecule is COc1cc2nc(Cc3cnc4[nH]ccc4c3)[nH]c(=O)c2cc1OC. The summed E-state index contributed by atoms with van der Waals surface area (Å²) >= 11 is 0. The zero-order valence-electron chi connectivity index (χ0n) is 13.8. The maximum atomic E-state index is 12.4. The molecule has 0 radical (unpaired) electrons. The zero-order chi connectivity index (χ0) is 17.4. The fourth-order valence-electron chi connectivity index (χ4n) is 2.87. The molecule has 1 aromatic carbocycles. The van der Waals surface area contributed by atoms with Gasteiger partial charge in [-0.25, -0.2) is 9.97 Å². The van der Waals surface area contributed by atoms with E-state index >= 15 is 0 Å². The number of H-pyrrole nitrogens is 2. The Kier molecular flexibility index (Phi) is 3.61. The number of fused-ring (bicyclic) bond motifs is 2. The fraction of sp³-hybridized carbons (Fsp3) is 0.167. The van der Waals surface area contributed by atoms with Gasteiger partial charge in [0.1, 0.15) is 11.5 Å². The summed E-state index contributed by atoms with van der Waals surface area (Å²) in [6.07, 6.45) is 4.10. The van der Waals surface area contributed by atoms with Gasteiger partial charge in [0.25, 0.3) is 5.56 Å². The van der Waals surface area contributed by atoms with Crippen molar-refractivity contribution in [3.63, 3.8) is 0 Å². The van der Waals surface area contributed by atoms with Crippen LogP contribution in [-0.2, 0) is 6.42 Å². The summed E-state index contributed by atoms with van der Waals surface area (Å²) < 4.78 is 10.5. The van der Waals surface area contributed by atoms with Crippen LogP contribution < -0.4 is 15.0 Å². The number of nitrogens with zero attached hydrogens (tertiary/aromatic N) is 2. The predicted molar refractivity (Wildman–Crippen MR) is 94.4 cm³/mol. The lowest BCUT2D eigenvalue weighted by Crippen LogP contribution is -2.12. The van der Waals surface area contributed by atoms with Crippen LogP contribution in [0.25, 0.3) is 21.9 Å². The van der Waals surface area contributed by atoms with Crippen LogP contribution in [0, 0.1) is 0 Å². The van der Waals surface area contributed by atoms with E-state index in [0.29, 0.717) is 34.6 Å². The van der Waals surface area contributed by atoms with E-state index in [1.54, 1.807) is 25.4 Å². The van der Waals surface area contributed by atoms with Gasteiger partial charge in [-0.15, -0.1) is 0 Å². The monoisotopic (exact) mass is 336 g/mol. The molecule has 2 N–H and O–H groups in total. The molecule has 0 fully saturated rings. The lowest BCUT2D eigenvalue weighted by molar-refractivity contribution is 0.355. The summed E-state index contributed by atoms with van der Waals surface area (Å²) in [4.78, 5) is 27.2. The van der Waals surface area contributed by atoms with Crippen molar-refractivity contribution in [2.45, 2.75) is 6.42 Å². The van der Waals surface area contributed by atoms with Crippen molar-refractivity contribution in [3.05, 3.63) is 58.4 Å². The van der Waals surface area contributed by atoms with E-state index < -0.39 is 0 Å². The van der Waals surface area contributed by atoms with Crippen molar-refractivity contribution < 1.29 is 9.47 Å². The minimum absolute atomic E-state index is 0.211. The number of ether oxygens (including phenoxy) is 2. The number of hydrogen-bond acceptors (Lipinski definition) is 5. The quantitative estimate of drug-likeness (QED) is 0.597. The normalized spacial score (nSPS) is 11.1. The summed E-state index contributed by atoms with van der Waals surface area (Å²) in [6.45, 7) is 0. The van der Waals surface area contributed by atoms with Gasteiger partial charge < -0.3 is 19.4 Å². The smallest absolute Gasteiger partial charge is 0.258 e. The first-order valence-corrected chi connectivity index (χ1v) is 7.75. The molecule has 0 aliphatic heterocycles. The van der Waals surface area contributed by atoms with Gasteiger partial charge in [-0.1, -0.05) is 0 Å². The van der Waals surface area contributed by atoms with Crippen LogP contribution in [0.4, 0.5) is 0 Å². The molecular weight excluding hydrogens is 320 g/mol. The third kappa shape index (κ3) is 2.69. The number of pyridine rings is 1. The van der Waals surface area contributed by atoms with Gasteiger partial charge in [-0.2, -0.15) is 0 Å². The van der Waals surface area contributed by atoms with Crippen molar-refractivity contribution in [2.75, 3.05) is 14.2 Å². The van der Waals surface area contributed by atoms with Crippen LogP contribution in [0.5, 0.6) is 11.5 Å². The van der Waals surface area contributed by atoms with E-state index in [0.717, 1.165) is 16.6 Å². The maximum absolute atomic E-state index is 12.4. The van der Waals surface area contributed by atoms with Crippen molar-refractivity contribution in [1.82, 2.24) is 19.9 Å². The molecule has 3 heterocycles. The van der Waals surface area contributed by atoms with Gasteiger partial charge in [0.05, 0.1) is 25.1 Å². The zero-order valence-corrected chi connectivity index (χ0v) is 13.8. The summed E-state index contributed by atoms with van der Waals surface area (Å²) in [5.41, 5.74) is 2.15. The van der Waals surface area contributed by atoms with E-state index in [1.807, 2.05) is 18.3 Å². The second-order valence-electron chi connectivity index (χ2n) is 5.67. The molecule has 0 unspecified atom stereocenters. The Morgan fingerprint density at radius 3 is 2.72 bits per heavy atom. The lowest BCUT2D eigenvalue weighted by atomic mass is 10.1. The Balaban J connectivity index is 1.78. The summed E-state index contributed by atoms with van der Waals surface area (Å²) in [5.74, 6) is 1.60. The molecule has 0 aliphatic rings. The van der Waals surface area contributed by atoms with Crippen LogP contribution in [0.15, 0.2) is 41.5 Å². The molecule has 0 saturated heterocycles. The average molecular weight is 336 g/mol. The number of methoxy groups -OCH3 is 2. The van der Waals surface area contributed by atoms with Gasteiger partial charge in [0.15, 0.2) is 11.5 Å². The molecule has 25 heavy (non-hydrogen) atoms. The van der Waals surface area contributed by atoms with Gasteiger partial charge in [-0.05, 0) is 23.8 Å². The van der Waals surface area contributed by atoms with E-state index in [9.17, 15) is 4.79 Å². The maximum Gasteiger partial charge on any atom is 0.258 e. The molecular formula is C18H16N4O3. The second kappa shape index (κ2) is 5.94. The first-order valence-electron chi connectivity index (χ1n) is 7.75. The molecule has 0 atom stereocenters. The molecule has 0 amide bonds. The predicted octanol–water partition coefficient (Wildman–Crippen LogP) is 2.41. The molecule has 0 spiro atoms. The molecule has 3 aromatic heterocycles. The van der Waals surface area contributed by atoms with Crippen LogP contribution >= 0.6 is 0 Å². The van der Waals surface area contributed by atoms with E-state index in [-0.39, 0.29) is 5.56 Å². The highest BCUT2D eigenvalue weighted by molar-refractivity contribution is 5.82. The number of aromatic amines is 2. The van der Waals surface area contributed by atoms with Crippen LogP contribution in [0.1, 0.15) is 11.4 Å². The third-order valence-corrected chi connectivity index (χ3v) is 4.09. The lowest BCUT2D eigenvalue weighted by Gasteiger charge is -2.09. The molecule has 0 saturated carbocycles. The number of hydrogen-bond donors (Lipinski definition) is 2. The summed E-state index contributed by atoms with van der Waals surface area (Å²) in [5, 5.41) is 1.48. The number of rotatable bonds is 4. The highest BCUT2D eigenvalue weighted by Gasteiger charge is 2.11. The standard InChI is InChI=1S/C18H16N4O3/c1-24-14-7-12-13(8-15(14)25-2)21-16(22-18(12)23)6-10-5-11-3-4-19-17(11)20-9-10/h3-5,7-9H,6H2,1-2H3,(H,19,20)(H,21,22,23). The van der Waals surface area contributed by atoms with Gasteiger partial charge in [0.2, 0.25) is 0 Å². The summed E-state index contributed by atoms with van der Waals surface area (Å²) in [7, 11) is 3.08. The molecule has 7 nitrogen and oxygen atoms in total. The number of aromatic nitrogens is 4. The van der Waals surface area contributed by atoms with E-state index in [1.165, 1.54) is 7.11 Å². The van der Waals surface area contributed by atoms with E-state index in [2.05, 4.69) is 19.9 Å². The molecule has 0 aliphatic carbocycles. The van der Waals surface area contributed by atoms with Crippen molar-refractivity contribution in [2.24, 2.45) is 0 Å². The fourth-order valence-corrected chi connectivity index (χ4v) is 2.87. The Labute approximate surface area is 142 Å². The first kappa shape index (κ1) is 15.2. The highest BCUT2D eigenvalue weighted by Crippen LogP contribution is 2.30. The van der Waals surface area contributed by atoms with Gasteiger partial charge >= 0.3 is 0 Å². The number of benzene rings is 1. The van der Waals surface area contributed by atoms with Crippen LogP contribution in [0.3, 0.4) is 0 Å². The van der Waals surface area contributed by atoms with Crippen molar-refractivity contribution in [1.29, 1.82) is 0 Å². The first-order chi connectivity index (χ1) is 12.2. The molecule has 4 rings (SSSR count).